The summed E-state index contributed by atoms with van der Waals surface area (Å²) in [5.74, 6) is 0. The zero-order chi connectivity index (χ0) is 26.7. The van der Waals surface area contributed by atoms with Crippen molar-refractivity contribution in [1.82, 2.24) is 14.5 Å². The second-order valence-corrected chi connectivity index (χ2v) is 14.1. The third-order valence-corrected chi connectivity index (χ3v) is 9.45. The Hall–Kier alpha value is -1.66. The van der Waals surface area contributed by atoms with Crippen LogP contribution in [-0.4, -0.2) is 86.9 Å². The number of aliphatic hydroxyl groups is 1. The van der Waals surface area contributed by atoms with Crippen molar-refractivity contribution in [1.29, 1.82) is 0 Å². The number of hydrogen-bond acceptors (Lipinski definition) is 8. The Labute approximate surface area is 225 Å². The average Bonchev–Trinajstić information content (AvgIpc) is 3.20. The summed E-state index contributed by atoms with van der Waals surface area (Å²) < 4.78 is 34.1. The molecule has 0 spiro atoms. The van der Waals surface area contributed by atoms with Gasteiger partial charge in [0.15, 0.2) is 5.06 Å². The average molecular weight is 549 g/mol. The quantitative estimate of drug-likeness (QED) is 0.417. The molecule has 8 nitrogen and oxygen atoms in total. The molecule has 2 aromatic rings. The molecule has 1 saturated heterocycles. The van der Waals surface area contributed by atoms with Gasteiger partial charge in [0, 0.05) is 50.7 Å². The van der Waals surface area contributed by atoms with Crippen LogP contribution in [0.15, 0.2) is 58.3 Å². The van der Waals surface area contributed by atoms with Gasteiger partial charge in [0.1, 0.15) is 0 Å². The van der Waals surface area contributed by atoms with Crippen molar-refractivity contribution in [2.75, 3.05) is 57.7 Å². The monoisotopic (exact) mass is 548 g/mol. The highest BCUT2D eigenvalue weighted by Gasteiger charge is 2.34. The molecule has 2 aromatic carbocycles. The number of sulfonamides is 1. The first kappa shape index (κ1) is 28.4. The SMILES string of the molecule is CC1(OC[C@H](O)CN2CCN(CCNS(=O)(=O)c3ccc(C(C)(C)C)cc3)CC2)Nc2ccccc2S1. The molecule has 10 heteroatoms. The first-order chi connectivity index (χ1) is 17.4. The van der Waals surface area contributed by atoms with Gasteiger partial charge in [-0.3, -0.25) is 9.80 Å². The highest BCUT2D eigenvalue weighted by Crippen LogP contribution is 2.45. The number of hydrogen-bond donors (Lipinski definition) is 3. The number of aliphatic hydroxyl groups excluding tert-OH is 1. The molecule has 0 aromatic heterocycles. The summed E-state index contributed by atoms with van der Waals surface area (Å²) in [6.45, 7) is 13.5. The van der Waals surface area contributed by atoms with Gasteiger partial charge in [-0.15, -0.1) is 0 Å². The van der Waals surface area contributed by atoms with Gasteiger partial charge in [-0.2, -0.15) is 0 Å². The fourth-order valence-corrected chi connectivity index (χ4v) is 6.67. The van der Waals surface area contributed by atoms with E-state index in [1.54, 1.807) is 23.9 Å². The maximum Gasteiger partial charge on any atom is 0.240 e. The molecule has 3 N–H and O–H groups in total. The highest BCUT2D eigenvalue weighted by atomic mass is 32.2. The van der Waals surface area contributed by atoms with Crippen LogP contribution in [-0.2, 0) is 20.2 Å². The Bertz CT molecular complexity index is 1120. The summed E-state index contributed by atoms with van der Waals surface area (Å²) in [6.07, 6.45) is -0.578. The lowest BCUT2D eigenvalue weighted by Crippen LogP contribution is -2.50. The van der Waals surface area contributed by atoms with Crippen molar-refractivity contribution in [2.24, 2.45) is 0 Å². The van der Waals surface area contributed by atoms with E-state index in [1.165, 1.54) is 0 Å². The van der Waals surface area contributed by atoms with Gasteiger partial charge < -0.3 is 15.2 Å². The number of nitrogens with zero attached hydrogens (tertiary/aromatic N) is 2. The molecule has 4 rings (SSSR count). The van der Waals surface area contributed by atoms with Crippen molar-refractivity contribution in [2.45, 2.75) is 54.1 Å². The molecule has 2 aliphatic heterocycles. The van der Waals surface area contributed by atoms with Crippen LogP contribution in [0.1, 0.15) is 33.3 Å². The fourth-order valence-electron chi connectivity index (χ4n) is 4.56. The number of ether oxygens (including phenoxy) is 1. The number of benzene rings is 2. The smallest absolute Gasteiger partial charge is 0.240 e. The summed E-state index contributed by atoms with van der Waals surface area (Å²) in [6, 6.07) is 15.2. The maximum atomic E-state index is 12.7. The second kappa shape index (κ2) is 11.6. The van der Waals surface area contributed by atoms with Crippen LogP contribution < -0.4 is 10.0 Å². The molecule has 0 saturated carbocycles. The zero-order valence-corrected chi connectivity index (χ0v) is 23.9. The third kappa shape index (κ3) is 7.69. The van der Waals surface area contributed by atoms with Crippen LogP contribution in [0.3, 0.4) is 0 Å². The van der Waals surface area contributed by atoms with E-state index in [4.69, 9.17) is 4.74 Å². The van der Waals surface area contributed by atoms with E-state index in [2.05, 4.69) is 46.7 Å². The first-order valence-corrected chi connectivity index (χ1v) is 15.2. The number of rotatable bonds is 10. The molecule has 204 valence electrons. The van der Waals surface area contributed by atoms with Crippen LogP contribution in [0.2, 0.25) is 0 Å². The van der Waals surface area contributed by atoms with E-state index in [0.717, 1.165) is 42.3 Å². The minimum atomic E-state index is -3.53. The standard InChI is InChI=1S/C27H40N4O4S2/c1-26(2,3)21-9-11-23(12-10-21)37(33,34)28-13-14-30-15-17-31(18-16-30)19-22(32)20-35-27(4)29-24-7-5-6-8-25(24)36-27/h5-12,22,28-29,32H,13-20H2,1-4H3/t22-,27?/m1/s1. The number of thioether (sulfide) groups is 1. The van der Waals surface area contributed by atoms with Gasteiger partial charge in [-0.1, -0.05) is 56.8 Å². The van der Waals surface area contributed by atoms with Crippen molar-refractivity contribution in [3.63, 3.8) is 0 Å². The molecule has 2 atom stereocenters. The minimum Gasteiger partial charge on any atom is -0.389 e. The zero-order valence-electron chi connectivity index (χ0n) is 22.2. The Morgan fingerprint density at radius 3 is 2.38 bits per heavy atom. The molecule has 2 aliphatic rings. The minimum absolute atomic E-state index is 0.0159. The van der Waals surface area contributed by atoms with Crippen LogP contribution >= 0.6 is 11.8 Å². The molecule has 0 aliphatic carbocycles. The maximum absolute atomic E-state index is 12.7. The number of piperazine rings is 1. The lowest BCUT2D eigenvalue weighted by Gasteiger charge is -2.36. The molecule has 0 radical (unpaired) electrons. The molecule has 0 bridgehead atoms. The highest BCUT2D eigenvalue weighted by molar-refractivity contribution is 8.01. The molecule has 1 unspecified atom stereocenters. The summed E-state index contributed by atoms with van der Waals surface area (Å²) >= 11 is 1.62. The van der Waals surface area contributed by atoms with Crippen molar-refractivity contribution < 1.29 is 18.3 Å². The van der Waals surface area contributed by atoms with Crippen molar-refractivity contribution >= 4 is 27.5 Å². The van der Waals surface area contributed by atoms with Crippen molar-refractivity contribution in [3.05, 3.63) is 54.1 Å². The van der Waals surface area contributed by atoms with Gasteiger partial charge in [0.25, 0.3) is 0 Å². The second-order valence-electron chi connectivity index (χ2n) is 10.9. The van der Waals surface area contributed by atoms with Gasteiger partial charge in [0.2, 0.25) is 10.0 Å². The predicted molar refractivity (Wildman–Crippen MR) is 149 cm³/mol. The molecule has 0 amide bonds. The number of nitrogens with one attached hydrogen (secondary N) is 2. The lowest BCUT2D eigenvalue weighted by atomic mass is 9.87. The number of β-amino-alcohol motifs (C(OH)–C–C–N with tert-alkyl or cyclic N) is 1. The van der Waals surface area contributed by atoms with Crippen LogP contribution in [0.4, 0.5) is 5.69 Å². The Morgan fingerprint density at radius 2 is 1.73 bits per heavy atom. The van der Waals surface area contributed by atoms with Gasteiger partial charge >= 0.3 is 0 Å². The topological polar surface area (TPSA) is 94.1 Å². The summed E-state index contributed by atoms with van der Waals surface area (Å²) in [4.78, 5) is 5.93. The third-order valence-electron chi connectivity index (χ3n) is 6.79. The number of anilines is 1. The van der Waals surface area contributed by atoms with E-state index in [-0.39, 0.29) is 12.0 Å². The summed E-state index contributed by atoms with van der Waals surface area (Å²) in [5.41, 5.74) is 2.15. The van der Waals surface area contributed by atoms with E-state index in [0.29, 0.717) is 24.5 Å². The Balaban J connectivity index is 1.14. The van der Waals surface area contributed by atoms with Crippen LogP contribution in [0.25, 0.3) is 0 Å². The molecular weight excluding hydrogens is 508 g/mol. The van der Waals surface area contributed by atoms with Crippen LogP contribution in [0.5, 0.6) is 0 Å². The molecule has 37 heavy (non-hydrogen) atoms. The number of para-hydroxylation sites is 1. The van der Waals surface area contributed by atoms with Gasteiger partial charge in [-0.05, 0) is 42.2 Å². The van der Waals surface area contributed by atoms with E-state index in [9.17, 15) is 13.5 Å². The van der Waals surface area contributed by atoms with Crippen LogP contribution in [0, 0.1) is 0 Å². The molecule has 2 heterocycles. The normalized spacial score (nSPS) is 22.0. The Morgan fingerprint density at radius 1 is 1.08 bits per heavy atom. The summed E-state index contributed by atoms with van der Waals surface area (Å²) in [5, 5.41) is 13.4. The largest absolute Gasteiger partial charge is 0.389 e. The van der Waals surface area contributed by atoms with Crippen molar-refractivity contribution in [3.8, 4) is 0 Å². The van der Waals surface area contributed by atoms with Gasteiger partial charge in [0.05, 0.1) is 23.3 Å². The molecule has 1 fully saturated rings. The first-order valence-electron chi connectivity index (χ1n) is 12.9. The summed E-state index contributed by atoms with van der Waals surface area (Å²) in [7, 11) is -3.53. The van der Waals surface area contributed by atoms with E-state index in [1.807, 2.05) is 37.3 Å². The fraction of sp³-hybridized carbons (Fsp3) is 0.556. The molecular formula is C27H40N4O4S2. The van der Waals surface area contributed by atoms with Gasteiger partial charge in [-0.25, -0.2) is 13.1 Å². The number of fused-ring (bicyclic) bond motifs is 1. The van der Waals surface area contributed by atoms with E-state index < -0.39 is 21.2 Å². The predicted octanol–water partition coefficient (Wildman–Crippen LogP) is 3.15. The lowest BCUT2D eigenvalue weighted by molar-refractivity contribution is -0.0231. The Kier molecular flexibility index (Phi) is 8.90. The van der Waals surface area contributed by atoms with E-state index >= 15 is 0 Å².